The van der Waals surface area contributed by atoms with Gasteiger partial charge in [-0.3, -0.25) is 4.57 Å². The van der Waals surface area contributed by atoms with Crippen LogP contribution in [0.1, 0.15) is 50.1 Å². The fourth-order valence-electron chi connectivity index (χ4n) is 8.30. The van der Waals surface area contributed by atoms with E-state index in [1.165, 1.54) is 95.6 Å². The first-order chi connectivity index (χ1) is 25.7. The van der Waals surface area contributed by atoms with Gasteiger partial charge in [-0.05, 0) is 129 Å². The molecule has 1 heterocycles. The highest BCUT2D eigenvalue weighted by molar-refractivity contribution is 6.20. The number of nitrogens with zero attached hydrogens (tertiary/aromatic N) is 2. The van der Waals surface area contributed by atoms with E-state index in [0.717, 1.165) is 30.7 Å². The molecule has 0 fully saturated rings. The minimum Gasteiger partial charge on any atom is -0.296 e. The Hall–Kier alpha value is -5.99. The number of fused-ring (bicyclic) bond motifs is 4. The van der Waals surface area contributed by atoms with Crippen LogP contribution in [0.3, 0.4) is 0 Å². The third-order valence-electron chi connectivity index (χ3n) is 10.8. The number of hydrogen-bond donors (Lipinski definition) is 0. The monoisotopic (exact) mass is 670 g/mol. The fraction of sp³-hybridized carbons (Fsp3) is 0.140. The molecule has 0 saturated carbocycles. The van der Waals surface area contributed by atoms with Crippen molar-refractivity contribution in [1.29, 1.82) is 0 Å². The Bertz CT molecular complexity index is 2650. The van der Waals surface area contributed by atoms with Gasteiger partial charge in [0.1, 0.15) is 5.82 Å². The number of rotatable bonds is 7. The first-order valence-electron chi connectivity index (χ1n) is 18.8. The van der Waals surface area contributed by atoms with Crippen molar-refractivity contribution in [3.63, 3.8) is 0 Å². The molecule has 52 heavy (non-hydrogen) atoms. The Morgan fingerprint density at radius 3 is 2.12 bits per heavy atom. The van der Waals surface area contributed by atoms with Gasteiger partial charge in [0.25, 0.3) is 0 Å². The van der Waals surface area contributed by atoms with Gasteiger partial charge in [0, 0.05) is 16.9 Å². The quantitative estimate of drug-likeness (QED) is 0.122. The summed E-state index contributed by atoms with van der Waals surface area (Å²) < 4.78 is 2.41. The smallest absolute Gasteiger partial charge is 0.145 e. The average molecular weight is 671 g/mol. The second kappa shape index (κ2) is 13.6. The van der Waals surface area contributed by atoms with Gasteiger partial charge in [0.15, 0.2) is 0 Å². The van der Waals surface area contributed by atoms with Crippen molar-refractivity contribution in [2.75, 3.05) is 0 Å². The predicted octanol–water partition coefficient (Wildman–Crippen LogP) is 13.6. The van der Waals surface area contributed by atoms with Crippen molar-refractivity contribution in [2.24, 2.45) is 0 Å². The molecule has 1 aromatic heterocycles. The summed E-state index contributed by atoms with van der Waals surface area (Å²) >= 11 is 0. The van der Waals surface area contributed by atoms with E-state index < -0.39 is 0 Å². The average Bonchev–Trinajstić information content (AvgIpc) is 3.60. The summed E-state index contributed by atoms with van der Waals surface area (Å²) in [6, 6.07) is 51.4. The largest absolute Gasteiger partial charge is 0.296 e. The zero-order valence-electron chi connectivity index (χ0n) is 29.9. The molecule has 0 aliphatic heterocycles. The first-order valence-corrected chi connectivity index (χ1v) is 18.8. The molecule has 8 aromatic rings. The molecule has 1 aliphatic carbocycles. The zero-order valence-corrected chi connectivity index (χ0v) is 29.9. The molecule has 0 unspecified atom stereocenters. The van der Waals surface area contributed by atoms with Crippen LogP contribution in [0.15, 0.2) is 158 Å². The Morgan fingerprint density at radius 2 is 1.31 bits per heavy atom. The second-order valence-corrected chi connectivity index (χ2v) is 14.0. The third kappa shape index (κ3) is 5.56. The fourth-order valence-corrected chi connectivity index (χ4v) is 8.30. The lowest BCUT2D eigenvalue weighted by Crippen LogP contribution is -2.07. The Kier molecular flexibility index (Phi) is 8.37. The van der Waals surface area contributed by atoms with Gasteiger partial charge in [0.2, 0.25) is 0 Å². The van der Waals surface area contributed by atoms with E-state index in [1.54, 1.807) is 0 Å². The minimum atomic E-state index is 0.992. The van der Waals surface area contributed by atoms with Crippen molar-refractivity contribution in [3.8, 4) is 39.3 Å². The summed E-state index contributed by atoms with van der Waals surface area (Å²) in [4.78, 5) is 5.19. The summed E-state index contributed by atoms with van der Waals surface area (Å²) in [5.74, 6) is 1.04. The number of aromatic nitrogens is 2. The van der Waals surface area contributed by atoms with Crippen molar-refractivity contribution in [2.45, 2.75) is 46.0 Å². The summed E-state index contributed by atoms with van der Waals surface area (Å²) in [6.45, 7) is 4.36. The molecule has 0 atom stereocenters. The van der Waals surface area contributed by atoms with Crippen molar-refractivity contribution in [3.05, 3.63) is 175 Å². The van der Waals surface area contributed by atoms with E-state index in [4.69, 9.17) is 4.98 Å². The highest BCUT2D eigenvalue weighted by Crippen LogP contribution is 2.44. The second-order valence-electron chi connectivity index (χ2n) is 14.0. The molecule has 9 rings (SSSR count). The van der Waals surface area contributed by atoms with E-state index in [0.29, 0.717) is 0 Å². The molecule has 0 bridgehead atoms. The van der Waals surface area contributed by atoms with Crippen LogP contribution in [0.5, 0.6) is 0 Å². The number of aryl methyl sites for hydroxylation is 1. The summed E-state index contributed by atoms with van der Waals surface area (Å²) in [7, 11) is 0. The van der Waals surface area contributed by atoms with Gasteiger partial charge >= 0.3 is 0 Å². The maximum atomic E-state index is 5.19. The molecule has 7 aromatic carbocycles. The molecule has 0 spiro atoms. The van der Waals surface area contributed by atoms with Crippen LogP contribution in [0.4, 0.5) is 0 Å². The van der Waals surface area contributed by atoms with Crippen LogP contribution in [0.25, 0.3) is 77.2 Å². The summed E-state index contributed by atoms with van der Waals surface area (Å²) in [6.07, 6.45) is 12.4. The number of benzene rings is 7. The third-order valence-corrected chi connectivity index (χ3v) is 10.8. The van der Waals surface area contributed by atoms with Gasteiger partial charge in [-0.1, -0.05) is 140 Å². The highest BCUT2D eigenvalue weighted by Gasteiger charge is 2.22. The molecular weight excluding hydrogens is 629 g/mol. The molecule has 1 aliphatic rings. The maximum Gasteiger partial charge on any atom is 0.145 e. The molecular formula is C50H42N2. The summed E-state index contributed by atoms with van der Waals surface area (Å²) in [5, 5.41) is 7.61. The van der Waals surface area contributed by atoms with Crippen LogP contribution in [0.2, 0.25) is 0 Å². The van der Waals surface area contributed by atoms with Crippen LogP contribution < -0.4 is 0 Å². The lowest BCUT2D eigenvalue weighted by Gasteiger charge is -2.19. The van der Waals surface area contributed by atoms with Crippen molar-refractivity contribution in [1.82, 2.24) is 9.55 Å². The van der Waals surface area contributed by atoms with Crippen LogP contribution in [0, 0.1) is 0 Å². The topological polar surface area (TPSA) is 17.8 Å². The van der Waals surface area contributed by atoms with Crippen LogP contribution in [-0.4, -0.2) is 9.55 Å². The SMILES string of the molecule is C/C=C(\C=C/CC)c1c2ccccc2c(-c2ccc3ccccc3c2)c2ccc(-c3ccc(-n4c(-c5ccccc5)nc5c4CCCC5)cc3)cc12. The number of allylic oxidation sites excluding steroid dienone is 4. The van der Waals surface area contributed by atoms with E-state index in [1.807, 2.05) is 0 Å². The van der Waals surface area contributed by atoms with E-state index in [9.17, 15) is 0 Å². The Labute approximate surface area is 306 Å². The van der Waals surface area contributed by atoms with Gasteiger partial charge in [-0.25, -0.2) is 4.98 Å². The molecule has 2 heteroatoms. The minimum absolute atomic E-state index is 0.992. The molecule has 0 radical (unpaired) electrons. The van der Waals surface area contributed by atoms with Gasteiger partial charge < -0.3 is 0 Å². The van der Waals surface area contributed by atoms with Crippen LogP contribution in [-0.2, 0) is 12.8 Å². The van der Waals surface area contributed by atoms with Crippen molar-refractivity contribution < 1.29 is 0 Å². The first kappa shape index (κ1) is 32.0. The molecule has 2 nitrogen and oxygen atoms in total. The predicted molar refractivity (Wildman–Crippen MR) is 222 cm³/mol. The highest BCUT2D eigenvalue weighted by atomic mass is 15.1. The Balaban J connectivity index is 1.23. The summed E-state index contributed by atoms with van der Waals surface area (Å²) in [5.41, 5.74) is 12.4. The van der Waals surface area contributed by atoms with E-state index in [-0.39, 0.29) is 0 Å². The van der Waals surface area contributed by atoms with Crippen LogP contribution >= 0.6 is 0 Å². The zero-order chi connectivity index (χ0) is 35.0. The van der Waals surface area contributed by atoms with Gasteiger partial charge in [0.05, 0.1) is 5.69 Å². The maximum absolute atomic E-state index is 5.19. The molecule has 252 valence electrons. The lowest BCUT2D eigenvalue weighted by molar-refractivity contribution is 0.656. The molecule has 0 saturated heterocycles. The Morgan fingerprint density at radius 1 is 0.615 bits per heavy atom. The van der Waals surface area contributed by atoms with Gasteiger partial charge in [-0.2, -0.15) is 0 Å². The number of imidazole rings is 1. The van der Waals surface area contributed by atoms with Crippen molar-refractivity contribution >= 4 is 37.9 Å². The number of hydrogen-bond acceptors (Lipinski definition) is 1. The van der Waals surface area contributed by atoms with Gasteiger partial charge in [-0.15, -0.1) is 0 Å². The molecule has 0 amide bonds. The van der Waals surface area contributed by atoms with E-state index >= 15 is 0 Å². The van der Waals surface area contributed by atoms with E-state index in [2.05, 4.69) is 176 Å². The lowest BCUT2D eigenvalue weighted by atomic mass is 9.84. The normalized spacial score (nSPS) is 13.4. The molecule has 0 N–H and O–H groups in total. The standard InChI is InChI=1S/C50H42N2/c1-3-5-15-34(4-2)48-42-20-11-12-21-43(42)49(40-25-24-35-16-9-10-19-38(35)32-40)44-31-28-39(33-45(44)48)36-26-29-41(30-27-36)52-47-23-14-13-22-46(47)51-50(52)37-17-7-6-8-18-37/h4-12,15-21,24-33H,3,13-14,22-23H2,1-2H3/b15-5-,34-4+.